The van der Waals surface area contributed by atoms with Crippen LogP contribution in [0.25, 0.3) is 0 Å². The molecule has 0 spiro atoms. The molecule has 0 aromatic heterocycles. The fourth-order valence-electron chi connectivity index (χ4n) is 2.28. The molecule has 3 nitrogen and oxygen atoms in total. The number of ether oxygens (including phenoxy) is 1. The van der Waals surface area contributed by atoms with Crippen molar-refractivity contribution in [3.8, 4) is 5.75 Å². The minimum atomic E-state index is -0.601. The van der Waals surface area contributed by atoms with Crippen molar-refractivity contribution in [1.29, 1.82) is 0 Å². The maximum Gasteiger partial charge on any atom is 0.251 e. The standard InChI is InChI=1S/C18H19F2NO2/c1-3-23-17-8-7-13(11-12(17)2)18(22)21-10-9-14-15(19)5-4-6-16(14)20/h4-8,11H,3,9-10H2,1-2H3,(H,21,22). The van der Waals surface area contributed by atoms with Gasteiger partial charge in [0.2, 0.25) is 0 Å². The van der Waals surface area contributed by atoms with Crippen molar-refractivity contribution in [3.05, 3.63) is 64.7 Å². The zero-order chi connectivity index (χ0) is 16.8. The first-order chi connectivity index (χ1) is 11.0. The lowest BCUT2D eigenvalue weighted by atomic mass is 10.1. The molecule has 0 saturated carbocycles. The predicted octanol–water partition coefficient (Wildman–Crippen LogP) is 3.64. The third-order valence-electron chi connectivity index (χ3n) is 3.46. The Hall–Kier alpha value is -2.43. The summed E-state index contributed by atoms with van der Waals surface area (Å²) in [5.74, 6) is -0.752. The van der Waals surface area contributed by atoms with Gasteiger partial charge in [-0.15, -0.1) is 0 Å². The molecule has 1 N–H and O–H groups in total. The van der Waals surface area contributed by atoms with Gasteiger partial charge in [0.05, 0.1) is 6.61 Å². The highest BCUT2D eigenvalue weighted by Crippen LogP contribution is 2.19. The van der Waals surface area contributed by atoms with Gasteiger partial charge in [-0.25, -0.2) is 8.78 Å². The summed E-state index contributed by atoms with van der Waals surface area (Å²) in [5, 5.41) is 2.67. The fourth-order valence-corrected chi connectivity index (χ4v) is 2.28. The van der Waals surface area contributed by atoms with Gasteiger partial charge in [0.15, 0.2) is 0 Å². The van der Waals surface area contributed by atoms with Gasteiger partial charge in [-0.05, 0) is 56.2 Å². The van der Waals surface area contributed by atoms with Gasteiger partial charge in [0.25, 0.3) is 5.91 Å². The van der Waals surface area contributed by atoms with Gasteiger partial charge in [0.1, 0.15) is 17.4 Å². The van der Waals surface area contributed by atoms with Crippen LogP contribution in [0.1, 0.15) is 28.4 Å². The van der Waals surface area contributed by atoms with Gasteiger partial charge >= 0.3 is 0 Å². The molecule has 122 valence electrons. The molecule has 0 bridgehead atoms. The second-order valence-electron chi connectivity index (χ2n) is 5.12. The topological polar surface area (TPSA) is 38.3 Å². The number of amides is 1. The lowest BCUT2D eigenvalue weighted by Crippen LogP contribution is -2.26. The van der Waals surface area contributed by atoms with Crippen LogP contribution >= 0.6 is 0 Å². The average Bonchev–Trinajstić information content (AvgIpc) is 2.52. The zero-order valence-electron chi connectivity index (χ0n) is 13.2. The Labute approximate surface area is 134 Å². The largest absolute Gasteiger partial charge is 0.494 e. The number of rotatable bonds is 6. The molecule has 2 aromatic rings. The molecule has 1 amide bonds. The Morgan fingerprint density at radius 3 is 2.48 bits per heavy atom. The summed E-state index contributed by atoms with van der Waals surface area (Å²) in [5.41, 5.74) is 1.33. The van der Waals surface area contributed by atoms with Crippen molar-refractivity contribution in [2.45, 2.75) is 20.3 Å². The van der Waals surface area contributed by atoms with Crippen LogP contribution in [0.3, 0.4) is 0 Å². The van der Waals surface area contributed by atoms with Crippen LogP contribution in [0.15, 0.2) is 36.4 Å². The highest BCUT2D eigenvalue weighted by Gasteiger charge is 2.11. The number of aryl methyl sites for hydroxylation is 1. The Morgan fingerprint density at radius 2 is 1.87 bits per heavy atom. The summed E-state index contributed by atoms with van der Waals surface area (Å²) >= 11 is 0. The summed E-state index contributed by atoms with van der Waals surface area (Å²) in [6.07, 6.45) is 0.0975. The third-order valence-corrected chi connectivity index (χ3v) is 3.46. The Morgan fingerprint density at radius 1 is 1.17 bits per heavy atom. The average molecular weight is 319 g/mol. The van der Waals surface area contributed by atoms with Crippen LogP contribution in [0, 0.1) is 18.6 Å². The first-order valence-electron chi connectivity index (χ1n) is 7.47. The molecule has 5 heteroatoms. The maximum atomic E-state index is 13.5. The molecule has 0 fully saturated rings. The van der Waals surface area contributed by atoms with E-state index in [1.165, 1.54) is 18.2 Å². The SMILES string of the molecule is CCOc1ccc(C(=O)NCCc2c(F)cccc2F)cc1C. The minimum absolute atomic E-state index is 0.0179. The van der Waals surface area contributed by atoms with E-state index in [9.17, 15) is 13.6 Å². The summed E-state index contributed by atoms with van der Waals surface area (Å²) in [7, 11) is 0. The zero-order valence-corrected chi connectivity index (χ0v) is 13.2. The fraction of sp³-hybridized carbons (Fsp3) is 0.278. The lowest BCUT2D eigenvalue weighted by molar-refractivity contribution is 0.0953. The molecular formula is C18H19F2NO2. The first-order valence-corrected chi connectivity index (χ1v) is 7.47. The van der Waals surface area contributed by atoms with E-state index in [4.69, 9.17) is 4.74 Å². The summed E-state index contributed by atoms with van der Waals surface area (Å²) < 4.78 is 32.4. The van der Waals surface area contributed by atoms with Crippen molar-refractivity contribution in [3.63, 3.8) is 0 Å². The second-order valence-corrected chi connectivity index (χ2v) is 5.12. The van der Waals surface area contributed by atoms with Crippen LogP contribution < -0.4 is 10.1 Å². The monoisotopic (exact) mass is 319 g/mol. The van der Waals surface area contributed by atoms with Crippen molar-refractivity contribution in [2.75, 3.05) is 13.2 Å². The Bertz CT molecular complexity index is 681. The highest BCUT2D eigenvalue weighted by atomic mass is 19.1. The first kappa shape index (κ1) is 16.9. The molecule has 23 heavy (non-hydrogen) atoms. The number of halogens is 2. The quantitative estimate of drug-likeness (QED) is 0.883. The van der Waals surface area contributed by atoms with E-state index in [2.05, 4.69) is 5.32 Å². The van der Waals surface area contributed by atoms with E-state index >= 15 is 0 Å². The maximum absolute atomic E-state index is 13.5. The molecule has 2 aromatic carbocycles. The molecule has 0 aliphatic carbocycles. The molecule has 0 aliphatic rings. The van der Waals surface area contributed by atoms with Gasteiger partial charge in [-0.1, -0.05) is 6.07 Å². The predicted molar refractivity (Wildman–Crippen MR) is 84.7 cm³/mol. The van der Waals surface area contributed by atoms with Crippen LogP contribution in [0.4, 0.5) is 8.78 Å². The van der Waals surface area contributed by atoms with Gasteiger partial charge in [0, 0.05) is 17.7 Å². The number of benzene rings is 2. The van der Waals surface area contributed by atoms with Gasteiger partial charge in [-0.3, -0.25) is 4.79 Å². The van der Waals surface area contributed by atoms with Crippen molar-refractivity contribution in [1.82, 2.24) is 5.32 Å². The lowest BCUT2D eigenvalue weighted by Gasteiger charge is -2.10. The number of carbonyl (C=O) groups excluding carboxylic acids is 1. The molecule has 0 unspecified atom stereocenters. The van der Waals surface area contributed by atoms with E-state index in [0.29, 0.717) is 12.2 Å². The van der Waals surface area contributed by atoms with Gasteiger partial charge in [-0.2, -0.15) is 0 Å². The highest BCUT2D eigenvalue weighted by molar-refractivity contribution is 5.94. The smallest absolute Gasteiger partial charge is 0.251 e. The number of hydrogen-bond donors (Lipinski definition) is 1. The van der Waals surface area contributed by atoms with Crippen LogP contribution in [0.2, 0.25) is 0 Å². The molecule has 0 radical (unpaired) electrons. The third kappa shape index (κ3) is 4.28. The number of nitrogens with one attached hydrogen (secondary N) is 1. The molecule has 0 saturated heterocycles. The van der Waals surface area contributed by atoms with E-state index in [-0.39, 0.29) is 24.4 Å². The normalized spacial score (nSPS) is 10.4. The van der Waals surface area contributed by atoms with Crippen molar-refractivity contribution in [2.24, 2.45) is 0 Å². The van der Waals surface area contributed by atoms with E-state index in [0.717, 1.165) is 11.3 Å². The van der Waals surface area contributed by atoms with Gasteiger partial charge < -0.3 is 10.1 Å². The van der Waals surface area contributed by atoms with Crippen molar-refractivity contribution >= 4 is 5.91 Å². The summed E-state index contributed by atoms with van der Waals surface area (Å²) in [6, 6.07) is 8.85. The molecule has 2 rings (SSSR count). The molecule has 0 aliphatic heterocycles. The molecular weight excluding hydrogens is 300 g/mol. The van der Waals surface area contributed by atoms with Crippen LogP contribution in [0.5, 0.6) is 5.75 Å². The Kier molecular flexibility index (Phi) is 5.68. The minimum Gasteiger partial charge on any atom is -0.494 e. The second kappa shape index (κ2) is 7.72. The summed E-state index contributed by atoms with van der Waals surface area (Å²) in [6.45, 7) is 4.46. The molecule has 0 atom stereocenters. The van der Waals surface area contributed by atoms with Crippen LogP contribution in [-0.4, -0.2) is 19.1 Å². The van der Waals surface area contributed by atoms with E-state index < -0.39 is 11.6 Å². The van der Waals surface area contributed by atoms with E-state index in [1.54, 1.807) is 18.2 Å². The molecule has 0 heterocycles. The van der Waals surface area contributed by atoms with E-state index in [1.807, 2.05) is 13.8 Å². The van der Waals surface area contributed by atoms with Crippen LogP contribution in [-0.2, 0) is 6.42 Å². The number of carbonyl (C=O) groups is 1. The number of hydrogen-bond acceptors (Lipinski definition) is 2. The van der Waals surface area contributed by atoms with Crippen molar-refractivity contribution < 1.29 is 18.3 Å². The summed E-state index contributed by atoms with van der Waals surface area (Å²) in [4.78, 5) is 12.1. The Balaban J connectivity index is 1.96.